The lowest BCUT2D eigenvalue weighted by atomic mass is 9.68. The van der Waals surface area contributed by atoms with Gasteiger partial charge in [0.2, 0.25) is 0 Å². The molecule has 2 heterocycles. The first-order valence-electron chi connectivity index (χ1n) is 11.1. The molecule has 0 amide bonds. The van der Waals surface area contributed by atoms with Crippen molar-refractivity contribution in [1.82, 2.24) is 10.3 Å². The van der Waals surface area contributed by atoms with Crippen LogP contribution in [0.3, 0.4) is 0 Å². The van der Waals surface area contributed by atoms with E-state index in [0.717, 1.165) is 37.8 Å². The lowest BCUT2D eigenvalue weighted by Crippen LogP contribution is -2.47. The molecule has 1 aromatic heterocycles. The van der Waals surface area contributed by atoms with Crippen LogP contribution in [0.25, 0.3) is 0 Å². The summed E-state index contributed by atoms with van der Waals surface area (Å²) in [4.78, 5) is 4.70. The van der Waals surface area contributed by atoms with Crippen molar-refractivity contribution in [3.8, 4) is 5.75 Å². The SMILES string of the molecule is FC(F)(F)Oc1c(Br)cccc1CNCCC1(c2ccccn2)CCOC2(CCCC2)C1. The van der Waals surface area contributed by atoms with Crippen molar-refractivity contribution in [2.75, 3.05) is 13.2 Å². The number of hydrogen-bond acceptors (Lipinski definition) is 4. The van der Waals surface area contributed by atoms with Gasteiger partial charge in [0, 0.05) is 36.0 Å². The van der Waals surface area contributed by atoms with Crippen molar-refractivity contribution in [2.45, 2.75) is 68.9 Å². The third-order valence-corrected chi connectivity index (χ3v) is 7.36. The first kappa shape index (κ1) is 23.5. The second-order valence-corrected chi connectivity index (χ2v) is 9.72. The highest BCUT2D eigenvalue weighted by atomic mass is 79.9. The van der Waals surface area contributed by atoms with Crippen LogP contribution in [-0.2, 0) is 16.7 Å². The van der Waals surface area contributed by atoms with Gasteiger partial charge in [-0.3, -0.25) is 4.98 Å². The number of rotatable bonds is 7. The van der Waals surface area contributed by atoms with E-state index in [-0.39, 0.29) is 27.8 Å². The summed E-state index contributed by atoms with van der Waals surface area (Å²) in [6, 6.07) is 10.9. The molecule has 4 rings (SSSR count). The van der Waals surface area contributed by atoms with Crippen LogP contribution in [0.5, 0.6) is 5.75 Å². The van der Waals surface area contributed by atoms with Gasteiger partial charge in [0.1, 0.15) is 5.75 Å². The van der Waals surface area contributed by atoms with Gasteiger partial charge in [-0.2, -0.15) is 0 Å². The maximum absolute atomic E-state index is 12.8. The predicted molar refractivity (Wildman–Crippen MR) is 119 cm³/mol. The Morgan fingerprint density at radius 3 is 2.62 bits per heavy atom. The van der Waals surface area contributed by atoms with Crippen molar-refractivity contribution in [1.29, 1.82) is 0 Å². The summed E-state index contributed by atoms with van der Waals surface area (Å²) in [5.74, 6) is -0.192. The Kier molecular flexibility index (Phi) is 7.12. The van der Waals surface area contributed by atoms with Crippen molar-refractivity contribution in [3.05, 3.63) is 58.3 Å². The molecular weight excluding hydrogens is 485 g/mol. The second-order valence-electron chi connectivity index (χ2n) is 8.86. The molecule has 1 aromatic carbocycles. The van der Waals surface area contributed by atoms with Crippen molar-refractivity contribution < 1.29 is 22.6 Å². The topological polar surface area (TPSA) is 43.4 Å². The zero-order chi connectivity index (χ0) is 22.7. The van der Waals surface area contributed by atoms with Crippen LogP contribution < -0.4 is 10.1 Å². The van der Waals surface area contributed by atoms with Crippen LogP contribution in [0.2, 0.25) is 0 Å². The zero-order valence-electron chi connectivity index (χ0n) is 17.9. The minimum Gasteiger partial charge on any atom is -0.404 e. The number of nitrogens with one attached hydrogen (secondary N) is 1. The number of nitrogens with zero attached hydrogens (tertiary/aromatic N) is 1. The predicted octanol–water partition coefficient (Wildman–Crippen LogP) is 6.28. The monoisotopic (exact) mass is 512 g/mol. The average Bonchev–Trinajstić information content (AvgIpc) is 3.20. The Bertz CT molecular complexity index is 904. The summed E-state index contributed by atoms with van der Waals surface area (Å²) < 4.78 is 49.3. The minimum atomic E-state index is -4.74. The summed E-state index contributed by atoms with van der Waals surface area (Å²) in [5, 5.41) is 3.34. The van der Waals surface area contributed by atoms with Crippen molar-refractivity contribution >= 4 is 15.9 Å². The lowest BCUT2D eigenvalue weighted by Gasteiger charge is -2.46. The number of ether oxygens (including phenoxy) is 2. The molecule has 1 atom stereocenters. The smallest absolute Gasteiger partial charge is 0.404 e. The van der Waals surface area contributed by atoms with Crippen LogP contribution in [-0.4, -0.2) is 30.1 Å². The first-order valence-corrected chi connectivity index (χ1v) is 11.9. The highest BCUT2D eigenvalue weighted by Gasteiger charge is 2.48. The Labute approximate surface area is 195 Å². The largest absolute Gasteiger partial charge is 0.573 e. The van der Waals surface area contributed by atoms with Crippen molar-refractivity contribution in [3.63, 3.8) is 0 Å². The number of para-hydroxylation sites is 1. The summed E-state index contributed by atoms with van der Waals surface area (Å²) in [6.07, 6.45) is 4.35. The number of pyridine rings is 1. The molecule has 2 aliphatic rings. The van der Waals surface area contributed by atoms with E-state index in [2.05, 4.69) is 32.0 Å². The maximum Gasteiger partial charge on any atom is 0.573 e. The molecule has 2 fully saturated rings. The van der Waals surface area contributed by atoms with E-state index in [1.807, 2.05) is 18.3 Å². The molecule has 1 aliphatic carbocycles. The van der Waals surface area contributed by atoms with E-state index in [4.69, 9.17) is 9.72 Å². The zero-order valence-corrected chi connectivity index (χ0v) is 19.5. The summed E-state index contributed by atoms with van der Waals surface area (Å²) >= 11 is 3.17. The van der Waals surface area contributed by atoms with Crippen LogP contribution >= 0.6 is 15.9 Å². The normalized spacial score (nSPS) is 22.9. The molecule has 1 spiro atoms. The molecule has 1 saturated heterocycles. The number of hydrogen-bond donors (Lipinski definition) is 1. The maximum atomic E-state index is 12.8. The van der Waals surface area contributed by atoms with E-state index in [9.17, 15) is 13.2 Å². The molecule has 2 aromatic rings. The van der Waals surface area contributed by atoms with Gasteiger partial charge in [-0.1, -0.05) is 31.0 Å². The number of aromatic nitrogens is 1. The number of alkyl halides is 3. The van der Waals surface area contributed by atoms with Crippen LogP contribution in [0.1, 0.15) is 56.2 Å². The van der Waals surface area contributed by atoms with E-state index in [1.165, 1.54) is 12.8 Å². The Hall–Kier alpha value is -1.64. The average molecular weight is 513 g/mol. The molecule has 1 aliphatic heterocycles. The van der Waals surface area contributed by atoms with Crippen molar-refractivity contribution in [2.24, 2.45) is 0 Å². The molecule has 1 saturated carbocycles. The summed E-state index contributed by atoms with van der Waals surface area (Å²) in [6.45, 7) is 1.65. The highest BCUT2D eigenvalue weighted by molar-refractivity contribution is 9.10. The van der Waals surface area contributed by atoms with Gasteiger partial charge in [-0.25, -0.2) is 0 Å². The van der Waals surface area contributed by atoms with Gasteiger partial charge < -0.3 is 14.8 Å². The Balaban J connectivity index is 1.46. The summed E-state index contributed by atoms with van der Waals surface area (Å²) in [5.41, 5.74) is 1.38. The number of benzene rings is 1. The van der Waals surface area contributed by atoms with E-state index < -0.39 is 6.36 Å². The molecule has 1 unspecified atom stereocenters. The third kappa shape index (κ3) is 5.46. The van der Waals surface area contributed by atoms with Gasteiger partial charge in [0.15, 0.2) is 0 Å². The second kappa shape index (κ2) is 9.69. The van der Waals surface area contributed by atoms with Gasteiger partial charge in [-0.05, 0) is 72.8 Å². The fourth-order valence-corrected chi connectivity index (χ4v) is 5.76. The van der Waals surface area contributed by atoms with E-state index >= 15 is 0 Å². The molecule has 1 N–H and O–H groups in total. The van der Waals surface area contributed by atoms with Gasteiger partial charge in [0.25, 0.3) is 0 Å². The molecule has 8 heteroatoms. The molecule has 0 bridgehead atoms. The number of halogens is 4. The van der Waals surface area contributed by atoms with E-state index in [1.54, 1.807) is 18.2 Å². The van der Waals surface area contributed by atoms with Crippen LogP contribution in [0.15, 0.2) is 47.1 Å². The lowest BCUT2D eigenvalue weighted by molar-refractivity contribution is -0.275. The first-order chi connectivity index (χ1) is 15.3. The molecule has 174 valence electrons. The molecule has 32 heavy (non-hydrogen) atoms. The quantitative estimate of drug-likeness (QED) is 0.443. The van der Waals surface area contributed by atoms with Crippen LogP contribution in [0, 0.1) is 0 Å². The molecular formula is C24H28BrF3N2O2. The van der Waals surface area contributed by atoms with Gasteiger partial charge in [0.05, 0.1) is 10.1 Å². The Morgan fingerprint density at radius 1 is 1.09 bits per heavy atom. The summed E-state index contributed by atoms with van der Waals surface area (Å²) in [7, 11) is 0. The van der Waals surface area contributed by atoms with E-state index in [0.29, 0.717) is 18.7 Å². The molecule has 0 radical (unpaired) electrons. The van der Waals surface area contributed by atoms with Gasteiger partial charge in [-0.15, -0.1) is 13.2 Å². The standard InChI is InChI=1S/C24H28BrF3N2O2/c25-19-7-5-6-18(21(19)32-24(26,27)28)16-29-14-11-22(20-8-1-4-13-30-20)12-15-31-23(17-22)9-2-3-10-23/h1,4-8,13,29H,2-3,9-12,14-17H2. The molecule has 4 nitrogen and oxygen atoms in total. The fraction of sp³-hybridized carbons (Fsp3) is 0.542. The van der Waals surface area contributed by atoms with Gasteiger partial charge >= 0.3 is 6.36 Å². The minimum absolute atomic E-state index is 0.0617. The Morgan fingerprint density at radius 2 is 1.91 bits per heavy atom. The third-order valence-electron chi connectivity index (χ3n) is 6.73. The highest BCUT2D eigenvalue weighted by Crippen LogP contribution is 2.49. The van der Waals surface area contributed by atoms with Crippen LogP contribution in [0.4, 0.5) is 13.2 Å². The fourth-order valence-electron chi connectivity index (χ4n) is 5.27.